The number of rotatable bonds is 4. The van der Waals surface area contributed by atoms with Gasteiger partial charge in [-0.1, -0.05) is 6.07 Å². The van der Waals surface area contributed by atoms with Crippen LogP contribution in [-0.4, -0.2) is 41.4 Å². The van der Waals surface area contributed by atoms with Gasteiger partial charge in [-0.3, -0.25) is 14.9 Å². The average Bonchev–Trinajstić information content (AvgIpc) is 2.49. The molecule has 1 N–H and O–H groups in total. The first-order chi connectivity index (χ1) is 10.0. The van der Waals surface area contributed by atoms with E-state index in [1.807, 2.05) is 18.7 Å². The highest BCUT2D eigenvalue weighted by Crippen LogP contribution is 2.21. The zero-order valence-corrected chi connectivity index (χ0v) is 12.5. The monoisotopic (exact) mass is 291 g/mol. The third-order valence-electron chi connectivity index (χ3n) is 4.01. The van der Waals surface area contributed by atoms with Crippen molar-refractivity contribution in [3.8, 4) is 0 Å². The maximum atomic E-state index is 12.8. The van der Waals surface area contributed by atoms with Crippen LogP contribution in [0.2, 0.25) is 0 Å². The summed E-state index contributed by atoms with van der Waals surface area (Å²) >= 11 is 0. The Hall–Kier alpha value is -1.95. The molecule has 0 aliphatic carbocycles. The van der Waals surface area contributed by atoms with E-state index in [1.54, 1.807) is 6.07 Å². The number of nitrogens with one attached hydrogen (secondary N) is 1. The van der Waals surface area contributed by atoms with Crippen molar-refractivity contribution in [1.82, 2.24) is 10.2 Å². The summed E-state index contributed by atoms with van der Waals surface area (Å²) in [5, 5.41) is 14.2. The molecule has 21 heavy (non-hydrogen) atoms. The molecule has 0 atom stereocenters. The van der Waals surface area contributed by atoms with E-state index in [4.69, 9.17) is 0 Å². The summed E-state index contributed by atoms with van der Waals surface area (Å²) in [6, 6.07) is 4.68. The van der Waals surface area contributed by atoms with Gasteiger partial charge in [-0.25, -0.2) is 0 Å². The Morgan fingerprint density at radius 2 is 2.10 bits per heavy atom. The second-order valence-electron chi connectivity index (χ2n) is 5.33. The molecule has 114 valence electrons. The van der Waals surface area contributed by atoms with E-state index >= 15 is 0 Å². The lowest BCUT2D eigenvalue weighted by molar-refractivity contribution is -0.384. The second-order valence-corrected chi connectivity index (χ2v) is 5.33. The van der Waals surface area contributed by atoms with Crippen LogP contribution in [0.4, 0.5) is 5.69 Å². The van der Waals surface area contributed by atoms with Crippen LogP contribution in [0.3, 0.4) is 0 Å². The molecule has 0 aromatic heterocycles. The summed E-state index contributed by atoms with van der Waals surface area (Å²) in [5.74, 6) is -0.106. The van der Waals surface area contributed by atoms with Crippen molar-refractivity contribution in [2.24, 2.45) is 0 Å². The van der Waals surface area contributed by atoms with Crippen molar-refractivity contribution in [3.63, 3.8) is 0 Å². The number of hydrogen-bond acceptors (Lipinski definition) is 4. The maximum Gasteiger partial charge on any atom is 0.270 e. The van der Waals surface area contributed by atoms with Crippen molar-refractivity contribution in [2.75, 3.05) is 19.6 Å². The summed E-state index contributed by atoms with van der Waals surface area (Å²) in [5.41, 5.74) is 1.17. The van der Waals surface area contributed by atoms with Crippen molar-refractivity contribution in [1.29, 1.82) is 0 Å². The van der Waals surface area contributed by atoms with Gasteiger partial charge < -0.3 is 10.2 Å². The van der Waals surface area contributed by atoms with E-state index in [9.17, 15) is 14.9 Å². The Morgan fingerprint density at radius 3 is 2.67 bits per heavy atom. The predicted octanol–water partition coefficient (Wildman–Crippen LogP) is 2.12. The Bertz CT molecular complexity index is 539. The van der Waals surface area contributed by atoms with E-state index in [-0.39, 0.29) is 17.6 Å². The van der Waals surface area contributed by atoms with Crippen LogP contribution in [-0.2, 0) is 0 Å². The lowest BCUT2D eigenvalue weighted by Crippen LogP contribution is -2.46. The van der Waals surface area contributed by atoms with Crippen molar-refractivity contribution >= 4 is 11.6 Å². The van der Waals surface area contributed by atoms with E-state index in [0.717, 1.165) is 31.5 Å². The highest BCUT2D eigenvalue weighted by Gasteiger charge is 2.26. The molecule has 2 rings (SSSR count). The van der Waals surface area contributed by atoms with Crippen LogP contribution in [0, 0.1) is 17.0 Å². The van der Waals surface area contributed by atoms with Gasteiger partial charge in [-0.05, 0) is 45.3 Å². The standard InChI is InChI=1S/C15H21N3O3/c1-3-17(12-6-8-16-9-7-12)15(19)14-10-13(18(20)21)5-4-11(14)2/h4-5,10,12,16H,3,6-9H2,1-2H3. The highest BCUT2D eigenvalue weighted by molar-refractivity contribution is 5.96. The summed E-state index contributed by atoms with van der Waals surface area (Å²) in [4.78, 5) is 25.0. The quantitative estimate of drug-likeness (QED) is 0.681. The molecule has 1 aliphatic heterocycles. The highest BCUT2D eigenvalue weighted by atomic mass is 16.6. The number of nitro groups is 1. The number of nitro benzene ring substituents is 1. The first-order valence-electron chi connectivity index (χ1n) is 7.31. The lowest BCUT2D eigenvalue weighted by atomic mass is 10.0. The number of benzene rings is 1. The summed E-state index contributed by atoms with van der Waals surface area (Å²) in [7, 11) is 0. The fraction of sp³-hybridized carbons (Fsp3) is 0.533. The van der Waals surface area contributed by atoms with Gasteiger partial charge in [0.1, 0.15) is 0 Å². The van der Waals surface area contributed by atoms with E-state index in [2.05, 4.69) is 5.32 Å². The average molecular weight is 291 g/mol. The van der Waals surface area contributed by atoms with Gasteiger partial charge in [0.2, 0.25) is 0 Å². The fourth-order valence-corrected chi connectivity index (χ4v) is 2.79. The van der Waals surface area contributed by atoms with Gasteiger partial charge in [0.05, 0.1) is 4.92 Å². The molecule has 6 nitrogen and oxygen atoms in total. The zero-order chi connectivity index (χ0) is 15.4. The van der Waals surface area contributed by atoms with Gasteiger partial charge in [0.25, 0.3) is 11.6 Å². The summed E-state index contributed by atoms with van der Waals surface area (Å²) in [6.45, 7) is 6.19. The number of non-ortho nitro benzene ring substituents is 1. The van der Waals surface area contributed by atoms with Crippen molar-refractivity contribution < 1.29 is 9.72 Å². The Balaban J connectivity index is 2.28. The van der Waals surface area contributed by atoms with Gasteiger partial charge in [0, 0.05) is 30.3 Å². The van der Waals surface area contributed by atoms with E-state index < -0.39 is 4.92 Å². The number of carbonyl (C=O) groups is 1. The number of aryl methyl sites for hydroxylation is 1. The minimum Gasteiger partial charge on any atom is -0.336 e. The number of nitrogens with zero attached hydrogens (tertiary/aromatic N) is 2. The van der Waals surface area contributed by atoms with Gasteiger partial charge >= 0.3 is 0 Å². The topological polar surface area (TPSA) is 75.5 Å². The Labute approximate surface area is 124 Å². The number of amides is 1. The molecular formula is C15H21N3O3. The van der Waals surface area contributed by atoms with Crippen LogP contribution >= 0.6 is 0 Å². The minimum atomic E-state index is -0.461. The molecule has 1 saturated heterocycles. The third-order valence-corrected chi connectivity index (χ3v) is 4.01. The molecule has 1 aromatic rings. The maximum absolute atomic E-state index is 12.8. The zero-order valence-electron chi connectivity index (χ0n) is 12.5. The van der Waals surface area contributed by atoms with Gasteiger partial charge in [0.15, 0.2) is 0 Å². The molecule has 0 radical (unpaired) electrons. The SMILES string of the molecule is CCN(C(=O)c1cc([N+](=O)[O-])ccc1C)C1CCNCC1. The molecule has 1 aromatic carbocycles. The first-order valence-corrected chi connectivity index (χ1v) is 7.31. The molecule has 1 amide bonds. The number of piperidine rings is 1. The molecule has 0 spiro atoms. The lowest BCUT2D eigenvalue weighted by Gasteiger charge is -2.34. The third kappa shape index (κ3) is 3.39. The number of carbonyl (C=O) groups excluding carboxylic acids is 1. The van der Waals surface area contributed by atoms with Crippen molar-refractivity contribution in [2.45, 2.75) is 32.7 Å². The van der Waals surface area contributed by atoms with Crippen LogP contribution in [0.5, 0.6) is 0 Å². The van der Waals surface area contributed by atoms with Crippen molar-refractivity contribution in [3.05, 3.63) is 39.4 Å². The molecular weight excluding hydrogens is 270 g/mol. The minimum absolute atomic E-state index is 0.0367. The fourth-order valence-electron chi connectivity index (χ4n) is 2.79. The number of hydrogen-bond donors (Lipinski definition) is 1. The summed E-state index contributed by atoms with van der Waals surface area (Å²) in [6.07, 6.45) is 1.85. The van der Waals surface area contributed by atoms with Gasteiger partial charge in [-0.2, -0.15) is 0 Å². The van der Waals surface area contributed by atoms with E-state index in [0.29, 0.717) is 12.1 Å². The molecule has 1 aliphatic rings. The van der Waals surface area contributed by atoms with Gasteiger partial charge in [-0.15, -0.1) is 0 Å². The molecule has 0 unspecified atom stereocenters. The Kier molecular flexibility index (Phi) is 4.90. The molecule has 0 saturated carbocycles. The van der Waals surface area contributed by atoms with Crippen LogP contribution in [0.15, 0.2) is 18.2 Å². The summed E-state index contributed by atoms with van der Waals surface area (Å²) < 4.78 is 0. The smallest absolute Gasteiger partial charge is 0.270 e. The molecule has 6 heteroatoms. The molecule has 1 heterocycles. The van der Waals surface area contributed by atoms with Crippen LogP contribution in [0.1, 0.15) is 35.7 Å². The second kappa shape index (κ2) is 6.67. The first kappa shape index (κ1) is 15.4. The van der Waals surface area contributed by atoms with E-state index in [1.165, 1.54) is 12.1 Å². The Morgan fingerprint density at radius 1 is 1.43 bits per heavy atom. The largest absolute Gasteiger partial charge is 0.336 e. The van der Waals surface area contributed by atoms with Crippen LogP contribution in [0.25, 0.3) is 0 Å². The normalized spacial score (nSPS) is 15.7. The predicted molar refractivity (Wildman–Crippen MR) is 80.4 cm³/mol. The molecule has 1 fully saturated rings. The molecule has 0 bridgehead atoms. The van der Waals surface area contributed by atoms with Crippen LogP contribution < -0.4 is 5.32 Å².